The second kappa shape index (κ2) is 7.00. The van der Waals surface area contributed by atoms with Crippen LogP contribution < -0.4 is 0 Å². The fraction of sp³-hybridized carbons (Fsp3) is 0.625. The fourth-order valence-corrected chi connectivity index (χ4v) is 3.05. The van der Waals surface area contributed by atoms with Gasteiger partial charge in [-0.15, -0.1) is 0 Å². The summed E-state index contributed by atoms with van der Waals surface area (Å²) in [5.74, 6) is 0.511. The molecule has 3 rings (SSSR count). The quantitative estimate of drug-likeness (QED) is 0.837. The van der Waals surface area contributed by atoms with Crippen molar-refractivity contribution in [2.75, 3.05) is 39.4 Å². The number of piperazine rings is 1. The third kappa shape index (κ3) is 3.80. The third-order valence-corrected chi connectivity index (χ3v) is 4.37. The van der Waals surface area contributed by atoms with E-state index in [0.29, 0.717) is 5.91 Å². The largest absolute Gasteiger partial charge is 0.381 e. The molecule has 5 nitrogen and oxygen atoms in total. The van der Waals surface area contributed by atoms with Gasteiger partial charge in [-0.2, -0.15) is 0 Å². The van der Waals surface area contributed by atoms with Gasteiger partial charge in [0.1, 0.15) is 0 Å². The monoisotopic (exact) mass is 289 g/mol. The fourth-order valence-electron chi connectivity index (χ4n) is 3.05. The zero-order valence-corrected chi connectivity index (χ0v) is 12.4. The van der Waals surface area contributed by atoms with Gasteiger partial charge in [0.25, 0.3) is 0 Å². The summed E-state index contributed by atoms with van der Waals surface area (Å²) in [5.41, 5.74) is 1.10. The highest BCUT2D eigenvalue weighted by Gasteiger charge is 2.28. The highest BCUT2D eigenvalue weighted by Crippen LogP contribution is 2.19. The van der Waals surface area contributed by atoms with E-state index >= 15 is 0 Å². The normalized spacial score (nSPS) is 21.4. The van der Waals surface area contributed by atoms with Crippen molar-refractivity contribution in [1.29, 1.82) is 0 Å². The molecule has 5 heteroatoms. The summed E-state index contributed by atoms with van der Waals surface area (Å²) < 4.78 is 5.33. The van der Waals surface area contributed by atoms with Crippen molar-refractivity contribution in [1.82, 2.24) is 14.8 Å². The Morgan fingerprint density at radius 3 is 2.62 bits per heavy atom. The highest BCUT2D eigenvalue weighted by molar-refractivity contribution is 5.79. The number of nitrogens with zero attached hydrogens (tertiary/aromatic N) is 3. The molecule has 2 aliphatic rings. The smallest absolute Gasteiger partial charge is 0.225 e. The molecule has 2 aliphatic heterocycles. The van der Waals surface area contributed by atoms with Crippen LogP contribution in [0.25, 0.3) is 0 Å². The van der Waals surface area contributed by atoms with Crippen LogP contribution in [0.15, 0.2) is 24.4 Å². The van der Waals surface area contributed by atoms with E-state index in [-0.39, 0.29) is 5.92 Å². The maximum atomic E-state index is 12.5. The van der Waals surface area contributed by atoms with Crippen LogP contribution >= 0.6 is 0 Å². The minimum atomic E-state index is 0.182. The van der Waals surface area contributed by atoms with E-state index in [9.17, 15) is 4.79 Å². The highest BCUT2D eigenvalue weighted by atomic mass is 16.5. The van der Waals surface area contributed by atoms with Gasteiger partial charge in [0.15, 0.2) is 0 Å². The molecule has 0 aromatic carbocycles. The molecule has 21 heavy (non-hydrogen) atoms. The Labute approximate surface area is 125 Å². The molecule has 0 aliphatic carbocycles. The molecule has 0 bridgehead atoms. The third-order valence-electron chi connectivity index (χ3n) is 4.37. The lowest BCUT2D eigenvalue weighted by Crippen LogP contribution is -2.50. The number of hydrogen-bond acceptors (Lipinski definition) is 4. The lowest BCUT2D eigenvalue weighted by atomic mass is 9.98. The maximum absolute atomic E-state index is 12.5. The van der Waals surface area contributed by atoms with E-state index in [1.165, 1.54) is 0 Å². The van der Waals surface area contributed by atoms with Crippen LogP contribution in [0.3, 0.4) is 0 Å². The van der Waals surface area contributed by atoms with E-state index in [1.807, 2.05) is 23.2 Å². The van der Waals surface area contributed by atoms with Gasteiger partial charge in [-0.25, -0.2) is 0 Å². The molecule has 0 saturated carbocycles. The van der Waals surface area contributed by atoms with E-state index in [4.69, 9.17) is 4.74 Å². The Morgan fingerprint density at radius 1 is 1.19 bits per heavy atom. The first kappa shape index (κ1) is 14.5. The van der Waals surface area contributed by atoms with Gasteiger partial charge in [-0.3, -0.25) is 14.7 Å². The average molecular weight is 289 g/mol. The van der Waals surface area contributed by atoms with E-state index in [1.54, 1.807) is 0 Å². The summed E-state index contributed by atoms with van der Waals surface area (Å²) >= 11 is 0. The Bertz CT molecular complexity index is 452. The lowest BCUT2D eigenvalue weighted by molar-refractivity contribution is -0.140. The van der Waals surface area contributed by atoms with Gasteiger partial charge in [0.2, 0.25) is 5.91 Å². The van der Waals surface area contributed by atoms with Crippen LogP contribution in [0.1, 0.15) is 18.5 Å². The summed E-state index contributed by atoms with van der Waals surface area (Å²) in [6.07, 6.45) is 3.60. The second-order valence-electron chi connectivity index (χ2n) is 5.81. The van der Waals surface area contributed by atoms with Gasteiger partial charge in [0, 0.05) is 58.1 Å². The Morgan fingerprint density at radius 2 is 1.95 bits per heavy atom. The van der Waals surface area contributed by atoms with Crippen molar-refractivity contribution in [2.24, 2.45) is 5.92 Å². The summed E-state index contributed by atoms with van der Waals surface area (Å²) in [6, 6.07) is 6.01. The second-order valence-corrected chi connectivity index (χ2v) is 5.81. The number of rotatable bonds is 3. The Balaban J connectivity index is 1.47. The first-order valence-corrected chi connectivity index (χ1v) is 7.82. The predicted molar refractivity (Wildman–Crippen MR) is 79.6 cm³/mol. The number of aromatic nitrogens is 1. The zero-order chi connectivity index (χ0) is 14.5. The number of ether oxygens (including phenoxy) is 1. The molecule has 0 spiro atoms. The molecule has 3 heterocycles. The van der Waals surface area contributed by atoms with Gasteiger partial charge in [-0.05, 0) is 25.0 Å². The number of carbonyl (C=O) groups excluding carboxylic acids is 1. The summed E-state index contributed by atoms with van der Waals surface area (Å²) in [5, 5.41) is 0. The van der Waals surface area contributed by atoms with Crippen molar-refractivity contribution in [3.8, 4) is 0 Å². The molecule has 0 N–H and O–H groups in total. The molecule has 0 radical (unpaired) electrons. The van der Waals surface area contributed by atoms with Crippen LogP contribution in [-0.4, -0.2) is 60.1 Å². The molecule has 1 amide bonds. The van der Waals surface area contributed by atoms with Gasteiger partial charge in [0.05, 0.1) is 5.69 Å². The topological polar surface area (TPSA) is 45.7 Å². The number of hydrogen-bond donors (Lipinski definition) is 0. The van der Waals surface area contributed by atoms with Crippen molar-refractivity contribution < 1.29 is 9.53 Å². The number of amides is 1. The van der Waals surface area contributed by atoms with E-state index in [2.05, 4.69) is 16.0 Å². The first-order valence-electron chi connectivity index (χ1n) is 7.82. The van der Waals surface area contributed by atoms with Crippen LogP contribution in [-0.2, 0) is 16.1 Å². The van der Waals surface area contributed by atoms with E-state index in [0.717, 1.165) is 64.5 Å². The van der Waals surface area contributed by atoms with Crippen LogP contribution in [0.2, 0.25) is 0 Å². The molecule has 114 valence electrons. The first-order chi connectivity index (χ1) is 10.3. The van der Waals surface area contributed by atoms with Crippen molar-refractivity contribution >= 4 is 5.91 Å². The minimum absolute atomic E-state index is 0.182. The number of carbonyl (C=O) groups is 1. The van der Waals surface area contributed by atoms with Crippen LogP contribution in [0.5, 0.6) is 0 Å². The summed E-state index contributed by atoms with van der Waals surface area (Å²) in [7, 11) is 0. The minimum Gasteiger partial charge on any atom is -0.381 e. The molecule has 1 aromatic heterocycles. The van der Waals surface area contributed by atoms with Gasteiger partial charge in [-0.1, -0.05) is 6.07 Å². The SMILES string of the molecule is O=C(C1CCOCC1)N1CCN(Cc2ccccn2)CC1. The summed E-state index contributed by atoms with van der Waals surface area (Å²) in [4.78, 5) is 21.2. The zero-order valence-electron chi connectivity index (χ0n) is 12.4. The van der Waals surface area contributed by atoms with Crippen LogP contribution in [0, 0.1) is 5.92 Å². The molecule has 0 atom stereocenters. The molecular weight excluding hydrogens is 266 g/mol. The lowest BCUT2D eigenvalue weighted by Gasteiger charge is -2.37. The van der Waals surface area contributed by atoms with Crippen molar-refractivity contribution in [3.05, 3.63) is 30.1 Å². The molecule has 1 aromatic rings. The van der Waals surface area contributed by atoms with Gasteiger partial charge < -0.3 is 9.64 Å². The summed E-state index contributed by atoms with van der Waals surface area (Å²) in [6.45, 7) is 5.88. The average Bonchev–Trinajstić information content (AvgIpc) is 2.57. The molecular formula is C16H23N3O2. The number of pyridine rings is 1. The molecule has 2 fully saturated rings. The predicted octanol–water partition coefficient (Wildman–Crippen LogP) is 1.15. The Kier molecular flexibility index (Phi) is 4.83. The molecule has 2 saturated heterocycles. The maximum Gasteiger partial charge on any atom is 0.225 e. The van der Waals surface area contributed by atoms with Crippen molar-refractivity contribution in [3.63, 3.8) is 0 Å². The van der Waals surface area contributed by atoms with Crippen LogP contribution in [0.4, 0.5) is 0 Å². The molecule has 0 unspecified atom stereocenters. The Hall–Kier alpha value is -1.46. The standard InChI is InChI=1S/C16H23N3O2/c20-16(14-4-11-21-12-5-14)19-9-7-18(8-10-19)13-15-3-1-2-6-17-15/h1-3,6,14H,4-5,7-13H2. The van der Waals surface area contributed by atoms with Gasteiger partial charge >= 0.3 is 0 Å². The van der Waals surface area contributed by atoms with Crippen molar-refractivity contribution in [2.45, 2.75) is 19.4 Å². The van der Waals surface area contributed by atoms with E-state index < -0.39 is 0 Å².